The number of carbonyl (C=O) groups excluding carboxylic acids is 1. The Bertz CT molecular complexity index is 872. The number of nitrogens with zero attached hydrogens (tertiary/aromatic N) is 4. The van der Waals surface area contributed by atoms with Crippen LogP contribution in [-0.2, 0) is 0 Å². The zero-order valence-electron chi connectivity index (χ0n) is 14.2. The fourth-order valence-corrected chi connectivity index (χ4v) is 3.21. The highest BCUT2D eigenvalue weighted by Gasteiger charge is 2.23. The zero-order valence-corrected chi connectivity index (χ0v) is 14.2. The van der Waals surface area contributed by atoms with Crippen LogP contribution in [-0.4, -0.2) is 47.0 Å². The number of fused-ring (bicyclic) bond motifs is 1. The summed E-state index contributed by atoms with van der Waals surface area (Å²) in [7, 11) is 0. The van der Waals surface area contributed by atoms with Crippen molar-refractivity contribution in [3.8, 4) is 0 Å². The van der Waals surface area contributed by atoms with Crippen LogP contribution in [0.4, 0.5) is 5.82 Å². The molecular formula is C19H20N4O2. The van der Waals surface area contributed by atoms with Crippen LogP contribution in [0.2, 0.25) is 0 Å². The molecule has 3 heterocycles. The number of carbonyl (C=O) groups is 1. The van der Waals surface area contributed by atoms with Crippen LogP contribution in [0.15, 0.2) is 47.0 Å². The molecule has 25 heavy (non-hydrogen) atoms. The highest BCUT2D eigenvalue weighted by molar-refractivity contribution is 5.96. The Kier molecular flexibility index (Phi) is 4.09. The predicted octanol–water partition coefficient (Wildman–Crippen LogP) is 2.88. The molecule has 0 bridgehead atoms. The highest BCUT2D eigenvalue weighted by Crippen LogP contribution is 2.21. The van der Waals surface area contributed by atoms with E-state index in [1.165, 1.54) is 0 Å². The van der Waals surface area contributed by atoms with Gasteiger partial charge in [0.05, 0.1) is 0 Å². The smallest absolute Gasteiger partial charge is 0.289 e. The fourth-order valence-electron chi connectivity index (χ4n) is 3.21. The SMILES string of the molecule is Cc1nccc(N2CCCN(C(=O)c3cc4ccccc4o3)CC2)n1. The number of furan rings is 1. The van der Waals surface area contributed by atoms with E-state index < -0.39 is 0 Å². The maximum absolute atomic E-state index is 12.8. The molecule has 0 N–H and O–H groups in total. The van der Waals surface area contributed by atoms with Crippen LogP contribution in [0.5, 0.6) is 0 Å². The van der Waals surface area contributed by atoms with Crippen LogP contribution < -0.4 is 4.90 Å². The molecule has 1 saturated heterocycles. The first kappa shape index (κ1) is 15.6. The van der Waals surface area contributed by atoms with Gasteiger partial charge in [0.15, 0.2) is 5.76 Å². The number of hydrogen-bond donors (Lipinski definition) is 0. The van der Waals surface area contributed by atoms with Gasteiger partial charge in [0.1, 0.15) is 17.2 Å². The van der Waals surface area contributed by atoms with E-state index in [0.717, 1.165) is 48.7 Å². The Labute approximate surface area is 146 Å². The molecule has 3 aromatic rings. The van der Waals surface area contributed by atoms with Gasteiger partial charge in [-0.15, -0.1) is 0 Å². The summed E-state index contributed by atoms with van der Waals surface area (Å²) in [6, 6.07) is 11.4. The average Bonchev–Trinajstić information content (AvgIpc) is 2.90. The number of para-hydroxylation sites is 1. The maximum Gasteiger partial charge on any atom is 0.289 e. The third-order valence-electron chi connectivity index (χ3n) is 4.50. The van der Waals surface area contributed by atoms with Crippen LogP contribution in [0.1, 0.15) is 22.8 Å². The van der Waals surface area contributed by atoms with Crippen molar-refractivity contribution >= 4 is 22.7 Å². The highest BCUT2D eigenvalue weighted by atomic mass is 16.3. The largest absolute Gasteiger partial charge is 0.451 e. The van der Waals surface area contributed by atoms with Gasteiger partial charge in [0.25, 0.3) is 5.91 Å². The monoisotopic (exact) mass is 336 g/mol. The minimum absolute atomic E-state index is 0.0445. The first-order valence-electron chi connectivity index (χ1n) is 8.53. The van der Waals surface area contributed by atoms with Crippen LogP contribution in [0.25, 0.3) is 11.0 Å². The fraction of sp³-hybridized carbons (Fsp3) is 0.316. The van der Waals surface area contributed by atoms with Gasteiger partial charge in [-0.25, -0.2) is 9.97 Å². The van der Waals surface area contributed by atoms with Gasteiger partial charge in [-0.05, 0) is 31.5 Å². The van der Waals surface area contributed by atoms with Crippen molar-refractivity contribution in [3.05, 3.63) is 54.2 Å². The number of aryl methyl sites for hydroxylation is 1. The molecule has 6 heteroatoms. The van der Waals surface area contributed by atoms with Crippen LogP contribution >= 0.6 is 0 Å². The number of hydrogen-bond acceptors (Lipinski definition) is 5. The minimum Gasteiger partial charge on any atom is -0.451 e. The van der Waals surface area contributed by atoms with Crippen LogP contribution in [0, 0.1) is 6.92 Å². The number of anilines is 1. The molecular weight excluding hydrogens is 316 g/mol. The lowest BCUT2D eigenvalue weighted by Crippen LogP contribution is -2.35. The predicted molar refractivity (Wildman–Crippen MR) is 95.7 cm³/mol. The van der Waals surface area contributed by atoms with Gasteiger partial charge in [0.2, 0.25) is 0 Å². The Morgan fingerprint density at radius 3 is 2.84 bits per heavy atom. The van der Waals surface area contributed by atoms with E-state index in [0.29, 0.717) is 12.3 Å². The van der Waals surface area contributed by atoms with E-state index >= 15 is 0 Å². The van der Waals surface area contributed by atoms with Crippen molar-refractivity contribution < 1.29 is 9.21 Å². The van der Waals surface area contributed by atoms with E-state index in [4.69, 9.17) is 4.42 Å². The molecule has 2 aromatic heterocycles. The van der Waals surface area contributed by atoms with Crippen molar-refractivity contribution in [2.24, 2.45) is 0 Å². The van der Waals surface area contributed by atoms with Crippen molar-refractivity contribution in [1.29, 1.82) is 0 Å². The summed E-state index contributed by atoms with van der Waals surface area (Å²) < 4.78 is 5.73. The standard InChI is InChI=1S/C19H20N4O2/c1-14-20-8-7-18(21-14)22-9-4-10-23(12-11-22)19(24)17-13-15-5-2-3-6-16(15)25-17/h2-3,5-8,13H,4,9-12H2,1H3. The summed E-state index contributed by atoms with van der Waals surface area (Å²) in [5, 5.41) is 0.957. The third kappa shape index (κ3) is 3.20. The van der Waals surface area contributed by atoms with Gasteiger partial charge < -0.3 is 14.2 Å². The van der Waals surface area contributed by atoms with E-state index in [2.05, 4.69) is 14.9 Å². The van der Waals surface area contributed by atoms with Crippen molar-refractivity contribution in [3.63, 3.8) is 0 Å². The molecule has 4 rings (SSSR count). The average molecular weight is 336 g/mol. The van der Waals surface area contributed by atoms with Crippen molar-refractivity contribution in [1.82, 2.24) is 14.9 Å². The minimum atomic E-state index is -0.0445. The Morgan fingerprint density at radius 2 is 2.00 bits per heavy atom. The summed E-state index contributed by atoms with van der Waals surface area (Å²) in [4.78, 5) is 25.5. The van der Waals surface area contributed by atoms with Gasteiger partial charge in [-0.1, -0.05) is 18.2 Å². The lowest BCUT2D eigenvalue weighted by molar-refractivity contribution is 0.0737. The summed E-state index contributed by atoms with van der Waals surface area (Å²) in [6.07, 6.45) is 2.68. The van der Waals surface area contributed by atoms with Crippen molar-refractivity contribution in [2.75, 3.05) is 31.1 Å². The first-order valence-corrected chi connectivity index (χ1v) is 8.53. The van der Waals surface area contributed by atoms with E-state index in [1.807, 2.05) is 48.2 Å². The lowest BCUT2D eigenvalue weighted by Gasteiger charge is -2.22. The summed E-state index contributed by atoms with van der Waals surface area (Å²) in [6.45, 7) is 4.89. The third-order valence-corrected chi connectivity index (χ3v) is 4.50. The second-order valence-electron chi connectivity index (χ2n) is 6.24. The van der Waals surface area contributed by atoms with Gasteiger partial charge >= 0.3 is 0 Å². The number of benzene rings is 1. The molecule has 1 fully saturated rings. The molecule has 0 atom stereocenters. The summed E-state index contributed by atoms with van der Waals surface area (Å²) in [5.41, 5.74) is 0.749. The lowest BCUT2D eigenvalue weighted by atomic mass is 10.2. The molecule has 0 saturated carbocycles. The summed E-state index contributed by atoms with van der Waals surface area (Å²) in [5.74, 6) is 2.05. The topological polar surface area (TPSA) is 62.5 Å². The van der Waals surface area contributed by atoms with Gasteiger partial charge in [-0.3, -0.25) is 4.79 Å². The second kappa shape index (κ2) is 6.55. The van der Waals surface area contributed by atoms with Crippen molar-refractivity contribution in [2.45, 2.75) is 13.3 Å². The molecule has 1 aliphatic heterocycles. The maximum atomic E-state index is 12.8. The Hall–Kier alpha value is -2.89. The molecule has 6 nitrogen and oxygen atoms in total. The Morgan fingerprint density at radius 1 is 1.12 bits per heavy atom. The van der Waals surface area contributed by atoms with Gasteiger partial charge in [-0.2, -0.15) is 0 Å². The van der Waals surface area contributed by atoms with E-state index in [9.17, 15) is 4.79 Å². The first-order chi connectivity index (χ1) is 12.2. The molecule has 128 valence electrons. The zero-order chi connectivity index (χ0) is 17.2. The molecule has 1 aromatic carbocycles. The van der Waals surface area contributed by atoms with E-state index in [-0.39, 0.29) is 5.91 Å². The van der Waals surface area contributed by atoms with Crippen LogP contribution in [0.3, 0.4) is 0 Å². The molecule has 0 aliphatic carbocycles. The van der Waals surface area contributed by atoms with Gasteiger partial charge in [0, 0.05) is 37.8 Å². The molecule has 0 radical (unpaired) electrons. The second-order valence-corrected chi connectivity index (χ2v) is 6.24. The molecule has 0 spiro atoms. The normalized spacial score (nSPS) is 15.4. The molecule has 1 amide bonds. The Balaban J connectivity index is 1.49. The number of aromatic nitrogens is 2. The molecule has 0 unspecified atom stereocenters. The molecule has 1 aliphatic rings. The quantitative estimate of drug-likeness (QED) is 0.720. The van der Waals surface area contributed by atoms with E-state index in [1.54, 1.807) is 6.20 Å². The number of rotatable bonds is 2. The summed E-state index contributed by atoms with van der Waals surface area (Å²) >= 11 is 0. The number of amides is 1.